The highest BCUT2D eigenvalue weighted by Crippen LogP contribution is 2.39. The molecule has 4 N–H and O–H groups in total. The number of hydrogen-bond acceptors (Lipinski definition) is 4. The predicted molar refractivity (Wildman–Crippen MR) is 112 cm³/mol. The number of aromatic hydroxyl groups is 1. The van der Waals surface area contributed by atoms with E-state index in [1.54, 1.807) is 12.1 Å². The number of pyridine rings is 1. The first kappa shape index (κ1) is 18.5. The highest BCUT2D eigenvalue weighted by Gasteiger charge is 2.17. The number of phenolic OH excluding ortho intramolecular Hbond substituents is 1. The second-order valence-corrected chi connectivity index (χ2v) is 7.71. The molecule has 2 aromatic carbocycles. The standard InChI is InChI=1S/C20H18N2O2S.ClH/c1-20(2,21)12-5-3-11(4-6-12)16-15(23)8-7-14-17(16)13-9-10-25-18(13)19(24)22-14;/h3-10,23H,21H2,1-2H3,(H,22,24);1H. The van der Waals surface area contributed by atoms with Gasteiger partial charge >= 0.3 is 0 Å². The number of nitrogens with one attached hydrogen (secondary N) is 1. The summed E-state index contributed by atoms with van der Waals surface area (Å²) >= 11 is 1.40. The quantitative estimate of drug-likeness (QED) is 0.466. The van der Waals surface area contributed by atoms with Crippen LogP contribution in [0.5, 0.6) is 5.75 Å². The van der Waals surface area contributed by atoms with E-state index in [2.05, 4.69) is 4.98 Å². The van der Waals surface area contributed by atoms with E-state index in [0.29, 0.717) is 10.2 Å². The Bertz CT molecular complexity index is 1150. The van der Waals surface area contributed by atoms with Crippen LogP contribution < -0.4 is 11.3 Å². The van der Waals surface area contributed by atoms with Crippen LogP contribution in [0.3, 0.4) is 0 Å². The van der Waals surface area contributed by atoms with Gasteiger partial charge in [-0.3, -0.25) is 4.79 Å². The molecular formula is C20H19ClN2O2S. The van der Waals surface area contributed by atoms with Gasteiger partial charge < -0.3 is 15.8 Å². The van der Waals surface area contributed by atoms with Crippen molar-refractivity contribution in [1.29, 1.82) is 0 Å². The molecule has 4 rings (SSSR count). The number of halogens is 1. The molecule has 134 valence electrons. The first-order valence-electron chi connectivity index (χ1n) is 8.01. The minimum absolute atomic E-state index is 0. The zero-order chi connectivity index (χ0) is 17.8. The number of phenols is 1. The first-order chi connectivity index (χ1) is 11.9. The Labute approximate surface area is 160 Å². The van der Waals surface area contributed by atoms with Crippen LogP contribution >= 0.6 is 23.7 Å². The Kier molecular flexibility index (Phi) is 4.56. The highest BCUT2D eigenvalue weighted by atomic mass is 35.5. The smallest absolute Gasteiger partial charge is 0.266 e. The maximum Gasteiger partial charge on any atom is 0.266 e. The summed E-state index contributed by atoms with van der Waals surface area (Å²) in [5.74, 6) is 0.187. The van der Waals surface area contributed by atoms with Crippen LogP contribution in [0, 0.1) is 0 Å². The second-order valence-electron chi connectivity index (χ2n) is 6.80. The van der Waals surface area contributed by atoms with Crippen molar-refractivity contribution < 1.29 is 5.11 Å². The lowest BCUT2D eigenvalue weighted by molar-refractivity contribution is 0.478. The molecule has 0 unspecified atom stereocenters. The van der Waals surface area contributed by atoms with E-state index < -0.39 is 5.54 Å². The first-order valence-corrected chi connectivity index (χ1v) is 8.89. The number of H-pyrrole nitrogens is 1. The number of aromatic nitrogens is 1. The maximum absolute atomic E-state index is 12.2. The van der Waals surface area contributed by atoms with Crippen LogP contribution in [0.4, 0.5) is 0 Å². The Morgan fingerprint density at radius 3 is 2.42 bits per heavy atom. The van der Waals surface area contributed by atoms with Gasteiger partial charge in [-0.25, -0.2) is 0 Å². The van der Waals surface area contributed by atoms with E-state index >= 15 is 0 Å². The Hall–Kier alpha value is -2.34. The van der Waals surface area contributed by atoms with Crippen LogP contribution in [0.25, 0.3) is 32.1 Å². The van der Waals surface area contributed by atoms with Crippen LogP contribution in [-0.4, -0.2) is 10.1 Å². The van der Waals surface area contributed by atoms with Crippen molar-refractivity contribution in [1.82, 2.24) is 4.98 Å². The fraction of sp³-hybridized carbons (Fsp3) is 0.150. The summed E-state index contributed by atoms with van der Waals surface area (Å²) in [6, 6.07) is 13.2. The van der Waals surface area contributed by atoms with Gasteiger partial charge in [0, 0.05) is 27.4 Å². The lowest BCUT2D eigenvalue weighted by Crippen LogP contribution is -2.28. The van der Waals surface area contributed by atoms with Crippen LogP contribution in [0.2, 0.25) is 0 Å². The third-order valence-electron chi connectivity index (χ3n) is 4.49. The van der Waals surface area contributed by atoms with Crippen molar-refractivity contribution in [3.8, 4) is 16.9 Å². The van der Waals surface area contributed by atoms with Crippen molar-refractivity contribution >= 4 is 44.7 Å². The minimum atomic E-state index is -0.425. The zero-order valence-corrected chi connectivity index (χ0v) is 16.0. The topological polar surface area (TPSA) is 79.1 Å². The molecule has 0 amide bonds. The van der Waals surface area contributed by atoms with Crippen molar-refractivity contribution in [2.24, 2.45) is 5.73 Å². The van der Waals surface area contributed by atoms with E-state index in [9.17, 15) is 9.90 Å². The van der Waals surface area contributed by atoms with E-state index in [4.69, 9.17) is 5.73 Å². The van der Waals surface area contributed by atoms with Gasteiger partial charge in [-0.1, -0.05) is 24.3 Å². The minimum Gasteiger partial charge on any atom is -0.507 e. The summed E-state index contributed by atoms with van der Waals surface area (Å²) in [4.78, 5) is 15.1. The number of nitrogens with two attached hydrogens (primary N) is 1. The summed E-state index contributed by atoms with van der Waals surface area (Å²) < 4.78 is 0.666. The van der Waals surface area contributed by atoms with Gasteiger partial charge in [-0.15, -0.1) is 23.7 Å². The fourth-order valence-corrected chi connectivity index (χ4v) is 3.99. The number of aromatic amines is 1. The number of fused-ring (bicyclic) bond motifs is 3. The zero-order valence-electron chi connectivity index (χ0n) is 14.4. The Balaban J connectivity index is 0.00000196. The average molecular weight is 387 g/mol. The van der Waals surface area contributed by atoms with E-state index in [-0.39, 0.29) is 23.7 Å². The summed E-state index contributed by atoms with van der Waals surface area (Å²) in [6.07, 6.45) is 0. The van der Waals surface area contributed by atoms with Crippen molar-refractivity contribution in [2.45, 2.75) is 19.4 Å². The summed E-state index contributed by atoms with van der Waals surface area (Å²) in [5.41, 5.74) is 8.97. The van der Waals surface area contributed by atoms with Gasteiger partial charge in [0.1, 0.15) is 10.4 Å². The Morgan fingerprint density at radius 1 is 1.08 bits per heavy atom. The Morgan fingerprint density at radius 2 is 1.77 bits per heavy atom. The number of thiophene rings is 1. The molecule has 6 heteroatoms. The van der Waals surface area contributed by atoms with Crippen LogP contribution in [-0.2, 0) is 5.54 Å². The molecular weight excluding hydrogens is 368 g/mol. The lowest BCUT2D eigenvalue weighted by Gasteiger charge is -2.19. The van der Waals surface area contributed by atoms with Crippen LogP contribution in [0.15, 0.2) is 52.6 Å². The summed E-state index contributed by atoms with van der Waals surface area (Å²) in [5, 5.41) is 14.2. The molecule has 0 atom stereocenters. The highest BCUT2D eigenvalue weighted by molar-refractivity contribution is 7.17. The molecule has 0 bridgehead atoms. The molecule has 26 heavy (non-hydrogen) atoms. The normalized spacial score (nSPS) is 11.7. The van der Waals surface area contributed by atoms with E-state index in [1.807, 2.05) is 49.6 Å². The van der Waals surface area contributed by atoms with Gasteiger partial charge in [-0.05, 0) is 48.6 Å². The monoisotopic (exact) mass is 386 g/mol. The molecule has 2 heterocycles. The third-order valence-corrected chi connectivity index (χ3v) is 5.40. The SMILES string of the molecule is CC(C)(N)c1ccc(-c2c(O)ccc3[nH]c(=O)c4sccc4c23)cc1.Cl. The molecule has 4 aromatic rings. The van der Waals surface area contributed by atoms with Gasteiger partial charge in [0.15, 0.2) is 0 Å². The van der Waals surface area contributed by atoms with Crippen LogP contribution in [0.1, 0.15) is 19.4 Å². The average Bonchev–Trinajstić information content (AvgIpc) is 3.05. The number of benzene rings is 2. The van der Waals surface area contributed by atoms with Gasteiger partial charge in [0.25, 0.3) is 5.56 Å². The van der Waals surface area contributed by atoms with E-state index in [0.717, 1.165) is 27.5 Å². The molecule has 0 spiro atoms. The predicted octanol–water partition coefficient (Wildman–Crippen LogP) is 4.73. The lowest BCUT2D eigenvalue weighted by atomic mass is 9.92. The third kappa shape index (κ3) is 2.88. The molecule has 0 aliphatic heterocycles. The van der Waals surface area contributed by atoms with Crippen molar-refractivity contribution in [3.63, 3.8) is 0 Å². The molecule has 0 fully saturated rings. The fourth-order valence-electron chi connectivity index (χ4n) is 3.20. The van der Waals surface area contributed by atoms with Gasteiger partial charge in [0.05, 0.1) is 0 Å². The molecule has 0 radical (unpaired) electrons. The van der Waals surface area contributed by atoms with Gasteiger partial charge in [0.2, 0.25) is 0 Å². The molecule has 0 saturated heterocycles. The van der Waals surface area contributed by atoms with E-state index in [1.165, 1.54) is 11.3 Å². The van der Waals surface area contributed by atoms with Gasteiger partial charge in [-0.2, -0.15) is 0 Å². The molecule has 0 aliphatic rings. The summed E-state index contributed by atoms with van der Waals surface area (Å²) in [6.45, 7) is 3.91. The molecule has 4 nitrogen and oxygen atoms in total. The second kappa shape index (κ2) is 6.43. The number of hydrogen-bond donors (Lipinski definition) is 3. The van der Waals surface area contributed by atoms with Crippen molar-refractivity contribution in [2.75, 3.05) is 0 Å². The maximum atomic E-state index is 12.2. The molecule has 0 saturated carbocycles. The van der Waals surface area contributed by atoms with Crippen molar-refractivity contribution in [3.05, 3.63) is 63.8 Å². The number of rotatable bonds is 2. The summed E-state index contributed by atoms with van der Waals surface area (Å²) in [7, 11) is 0. The largest absolute Gasteiger partial charge is 0.507 e. The molecule has 2 aromatic heterocycles. The molecule has 0 aliphatic carbocycles.